The number of pyridine rings is 1. The van der Waals surface area contributed by atoms with Crippen molar-refractivity contribution in [3.8, 4) is 0 Å². The van der Waals surface area contributed by atoms with Gasteiger partial charge in [-0.25, -0.2) is 0 Å². The number of hydrogen-bond donors (Lipinski definition) is 0. The van der Waals surface area contributed by atoms with Crippen LogP contribution in [0.1, 0.15) is 36.1 Å². The van der Waals surface area contributed by atoms with E-state index in [4.69, 9.17) is 11.6 Å². The van der Waals surface area contributed by atoms with Crippen LogP contribution in [-0.4, -0.2) is 20.5 Å². The maximum atomic E-state index is 12.9. The molecule has 3 aromatic rings. The zero-order valence-electron chi connectivity index (χ0n) is 11.7. The zero-order valence-corrected chi connectivity index (χ0v) is 12.5. The van der Waals surface area contributed by atoms with E-state index in [1.807, 2.05) is 44.2 Å². The number of benzene rings is 1. The molecule has 3 rings (SSSR count). The van der Waals surface area contributed by atoms with Crippen molar-refractivity contribution in [2.45, 2.75) is 19.9 Å². The van der Waals surface area contributed by atoms with Crippen molar-refractivity contribution in [2.24, 2.45) is 0 Å². The first-order valence-corrected chi connectivity index (χ1v) is 7.09. The molecule has 0 N–H and O–H groups in total. The Hall–Kier alpha value is -2.20. The van der Waals surface area contributed by atoms with Crippen LogP contribution < -0.4 is 0 Å². The molecule has 0 aliphatic rings. The Kier molecular flexibility index (Phi) is 3.47. The Bertz CT molecular complexity index is 818. The molecule has 0 amide bonds. The van der Waals surface area contributed by atoms with E-state index < -0.39 is 0 Å². The highest BCUT2D eigenvalue weighted by molar-refractivity contribution is 6.35. The van der Waals surface area contributed by atoms with Crippen molar-refractivity contribution in [1.82, 2.24) is 14.8 Å². The quantitative estimate of drug-likeness (QED) is 0.689. The normalized spacial score (nSPS) is 11.2. The molecular formula is C16H14ClN3O. The lowest BCUT2D eigenvalue weighted by molar-refractivity contribution is 0.102. The molecule has 5 heteroatoms. The number of nitrogens with zero attached hydrogens (tertiary/aromatic N) is 3. The predicted molar refractivity (Wildman–Crippen MR) is 82.8 cm³/mol. The van der Waals surface area contributed by atoms with E-state index >= 15 is 0 Å². The van der Waals surface area contributed by atoms with E-state index in [1.165, 1.54) is 6.20 Å². The van der Waals surface area contributed by atoms with Gasteiger partial charge in [0.25, 0.3) is 0 Å². The summed E-state index contributed by atoms with van der Waals surface area (Å²) in [6.45, 7) is 3.91. The maximum absolute atomic E-state index is 12.9. The third kappa shape index (κ3) is 2.32. The molecule has 4 nitrogen and oxygen atoms in total. The fourth-order valence-corrected chi connectivity index (χ4v) is 2.57. The number of halogens is 1. The summed E-state index contributed by atoms with van der Waals surface area (Å²) in [5.41, 5.74) is 0.785. The first-order chi connectivity index (χ1) is 10.1. The first-order valence-electron chi connectivity index (χ1n) is 6.71. The summed E-state index contributed by atoms with van der Waals surface area (Å²) in [5.74, 6) is -0.206. The van der Waals surface area contributed by atoms with Crippen LogP contribution in [0.3, 0.4) is 0 Å². The van der Waals surface area contributed by atoms with E-state index in [1.54, 1.807) is 10.9 Å². The number of hydrogen-bond acceptors (Lipinski definition) is 3. The summed E-state index contributed by atoms with van der Waals surface area (Å²) >= 11 is 6.15. The van der Waals surface area contributed by atoms with Gasteiger partial charge in [-0.05, 0) is 25.3 Å². The molecular weight excluding hydrogens is 286 g/mol. The average molecular weight is 300 g/mol. The van der Waals surface area contributed by atoms with Gasteiger partial charge in [-0.2, -0.15) is 5.10 Å². The Morgan fingerprint density at radius 1 is 1.24 bits per heavy atom. The van der Waals surface area contributed by atoms with Gasteiger partial charge in [-0.1, -0.05) is 35.9 Å². The molecule has 0 aliphatic heterocycles. The summed E-state index contributed by atoms with van der Waals surface area (Å²) in [4.78, 5) is 17.1. The summed E-state index contributed by atoms with van der Waals surface area (Å²) in [6.07, 6.45) is 3.14. The minimum atomic E-state index is -0.206. The highest BCUT2D eigenvalue weighted by Crippen LogP contribution is 2.25. The molecule has 2 aromatic heterocycles. The van der Waals surface area contributed by atoms with Crippen molar-refractivity contribution in [3.63, 3.8) is 0 Å². The second-order valence-electron chi connectivity index (χ2n) is 5.09. The molecule has 0 saturated heterocycles. The monoisotopic (exact) mass is 299 g/mol. The summed E-state index contributed by atoms with van der Waals surface area (Å²) in [6, 6.07) is 9.60. The molecule has 106 valence electrons. The van der Waals surface area contributed by atoms with Gasteiger partial charge >= 0.3 is 0 Å². The standard InChI is InChI=1S/C16H14ClN3O/c1-10(2)20-15(13(17)9-19-20)16(21)14-12-6-4-3-5-11(12)7-8-18-14/h3-10H,1-2H3. The minimum absolute atomic E-state index is 0.0476. The van der Waals surface area contributed by atoms with Gasteiger partial charge in [0, 0.05) is 17.6 Å². The molecule has 0 unspecified atom stereocenters. The highest BCUT2D eigenvalue weighted by atomic mass is 35.5. The molecule has 0 saturated carbocycles. The van der Waals surface area contributed by atoms with E-state index in [0.29, 0.717) is 16.4 Å². The Morgan fingerprint density at radius 2 is 2.00 bits per heavy atom. The van der Waals surface area contributed by atoms with Crippen LogP contribution in [0.5, 0.6) is 0 Å². The summed E-state index contributed by atoms with van der Waals surface area (Å²) < 4.78 is 1.63. The third-order valence-corrected chi connectivity index (χ3v) is 3.62. The van der Waals surface area contributed by atoms with Gasteiger partial charge in [0.2, 0.25) is 5.78 Å². The van der Waals surface area contributed by atoms with Crippen LogP contribution in [0.4, 0.5) is 0 Å². The second kappa shape index (κ2) is 5.30. The third-order valence-electron chi connectivity index (χ3n) is 3.34. The lowest BCUT2D eigenvalue weighted by Crippen LogP contribution is -2.15. The van der Waals surface area contributed by atoms with Crippen LogP contribution in [0.25, 0.3) is 10.8 Å². The van der Waals surface area contributed by atoms with Crippen molar-refractivity contribution < 1.29 is 4.79 Å². The fraction of sp³-hybridized carbons (Fsp3) is 0.188. The van der Waals surface area contributed by atoms with Crippen molar-refractivity contribution in [2.75, 3.05) is 0 Å². The molecule has 0 spiro atoms. The van der Waals surface area contributed by atoms with Crippen molar-refractivity contribution in [3.05, 3.63) is 59.1 Å². The number of aromatic nitrogens is 3. The van der Waals surface area contributed by atoms with E-state index in [0.717, 1.165) is 10.8 Å². The zero-order chi connectivity index (χ0) is 15.0. The van der Waals surface area contributed by atoms with Gasteiger partial charge in [-0.15, -0.1) is 0 Å². The molecule has 0 bridgehead atoms. The molecule has 21 heavy (non-hydrogen) atoms. The number of rotatable bonds is 3. The highest BCUT2D eigenvalue weighted by Gasteiger charge is 2.23. The van der Waals surface area contributed by atoms with E-state index in [9.17, 15) is 4.79 Å². The van der Waals surface area contributed by atoms with Crippen LogP contribution in [0.2, 0.25) is 5.02 Å². The van der Waals surface area contributed by atoms with Crippen LogP contribution >= 0.6 is 11.6 Å². The number of fused-ring (bicyclic) bond motifs is 1. The molecule has 0 atom stereocenters. The van der Waals surface area contributed by atoms with Gasteiger partial charge in [0.1, 0.15) is 11.4 Å². The SMILES string of the molecule is CC(C)n1ncc(Cl)c1C(=O)c1nccc2ccccc12. The number of ketones is 1. The minimum Gasteiger partial charge on any atom is -0.285 e. The fourth-order valence-electron chi connectivity index (χ4n) is 2.36. The predicted octanol–water partition coefficient (Wildman–Crippen LogP) is 3.90. The van der Waals surface area contributed by atoms with Crippen molar-refractivity contribution >= 4 is 28.2 Å². The van der Waals surface area contributed by atoms with Gasteiger partial charge in [0.15, 0.2) is 0 Å². The second-order valence-corrected chi connectivity index (χ2v) is 5.50. The first kappa shape index (κ1) is 13.8. The van der Waals surface area contributed by atoms with E-state index in [-0.39, 0.29) is 11.8 Å². The summed E-state index contributed by atoms with van der Waals surface area (Å²) in [5, 5.41) is 6.32. The Balaban J connectivity index is 2.20. The molecule has 0 fully saturated rings. The smallest absolute Gasteiger partial charge is 0.231 e. The molecule has 0 radical (unpaired) electrons. The molecule has 1 aromatic carbocycles. The topological polar surface area (TPSA) is 47.8 Å². The lowest BCUT2D eigenvalue weighted by atomic mass is 10.1. The van der Waals surface area contributed by atoms with Crippen LogP contribution in [-0.2, 0) is 0 Å². The Labute approximate surface area is 127 Å². The van der Waals surface area contributed by atoms with E-state index in [2.05, 4.69) is 10.1 Å². The average Bonchev–Trinajstić information content (AvgIpc) is 2.88. The Morgan fingerprint density at radius 3 is 2.76 bits per heavy atom. The van der Waals surface area contributed by atoms with Gasteiger partial charge in [-0.3, -0.25) is 14.5 Å². The molecule has 2 heterocycles. The van der Waals surface area contributed by atoms with Gasteiger partial charge in [0.05, 0.1) is 11.2 Å². The van der Waals surface area contributed by atoms with Crippen LogP contribution in [0.15, 0.2) is 42.7 Å². The number of carbonyl (C=O) groups excluding carboxylic acids is 1. The lowest BCUT2D eigenvalue weighted by Gasteiger charge is -2.11. The molecule has 0 aliphatic carbocycles. The van der Waals surface area contributed by atoms with Crippen molar-refractivity contribution in [1.29, 1.82) is 0 Å². The number of carbonyl (C=O) groups is 1. The van der Waals surface area contributed by atoms with Gasteiger partial charge < -0.3 is 0 Å². The van der Waals surface area contributed by atoms with Crippen LogP contribution in [0, 0.1) is 0 Å². The largest absolute Gasteiger partial charge is 0.285 e. The summed E-state index contributed by atoms with van der Waals surface area (Å²) in [7, 11) is 0. The maximum Gasteiger partial charge on any atom is 0.231 e.